The quantitative estimate of drug-likeness (QED) is 0.589. The third-order valence-electron chi connectivity index (χ3n) is 2.15. The molecule has 0 aliphatic rings. The lowest BCUT2D eigenvalue weighted by molar-refractivity contribution is 0.187. The van der Waals surface area contributed by atoms with Crippen molar-refractivity contribution in [2.24, 2.45) is 5.73 Å². The van der Waals surface area contributed by atoms with Gasteiger partial charge in [-0.25, -0.2) is 0 Å². The van der Waals surface area contributed by atoms with E-state index in [9.17, 15) is 0 Å². The highest BCUT2D eigenvalue weighted by Crippen LogP contribution is 1.99. The maximum absolute atomic E-state index is 5.98. The molecule has 0 saturated heterocycles. The second kappa shape index (κ2) is 9.77. The summed E-state index contributed by atoms with van der Waals surface area (Å²) in [6.45, 7) is 2.94. The fourth-order valence-electron chi connectivity index (χ4n) is 1.32. The van der Waals surface area contributed by atoms with Crippen molar-refractivity contribution in [3.8, 4) is 0 Å². The third kappa shape index (κ3) is 8.81. The molecule has 1 atom stereocenters. The number of thioether (sulfide) groups is 1. The third-order valence-corrected chi connectivity index (χ3v) is 2.74. The standard InChI is InChI=1S/C10H24N2OS/c1-12(6-8-14-3)9-10(11)5-4-7-13-2/h10H,4-9,11H2,1-3H3. The van der Waals surface area contributed by atoms with Crippen LogP contribution in [-0.2, 0) is 4.74 Å². The van der Waals surface area contributed by atoms with Gasteiger partial charge in [0.2, 0.25) is 0 Å². The molecule has 0 aliphatic heterocycles. The van der Waals surface area contributed by atoms with Crippen molar-refractivity contribution in [1.29, 1.82) is 0 Å². The van der Waals surface area contributed by atoms with Gasteiger partial charge >= 0.3 is 0 Å². The molecule has 1 unspecified atom stereocenters. The van der Waals surface area contributed by atoms with Crippen molar-refractivity contribution in [3.63, 3.8) is 0 Å². The number of hydrogen-bond donors (Lipinski definition) is 1. The summed E-state index contributed by atoms with van der Waals surface area (Å²) in [5.74, 6) is 1.18. The van der Waals surface area contributed by atoms with Gasteiger partial charge in [0, 0.05) is 38.6 Å². The highest BCUT2D eigenvalue weighted by atomic mass is 32.2. The van der Waals surface area contributed by atoms with Gasteiger partial charge in [-0.2, -0.15) is 11.8 Å². The summed E-state index contributed by atoms with van der Waals surface area (Å²) in [7, 11) is 3.86. The van der Waals surface area contributed by atoms with Gasteiger partial charge < -0.3 is 15.4 Å². The molecule has 2 N–H and O–H groups in total. The first-order valence-electron chi connectivity index (χ1n) is 5.12. The van der Waals surface area contributed by atoms with Crippen molar-refractivity contribution in [3.05, 3.63) is 0 Å². The summed E-state index contributed by atoms with van der Waals surface area (Å²) in [4.78, 5) is 2.30. The summed E-state index contributed by atoms with van der Waals surface area (Å²) in [5, 5.41) is 0. The lowest BCUT2D eigenvalue weighted by Gasteiger charge is -2.20. The van der Waals surface area contributed by atoms with E-state index in [4.69, 9.17) is 10.5 Å². The van der Waals surface area contributed by atoms with E-state index < -0.39 is 0 Å². The van der Waals surface area contributed by atoms with Crippen molar-refractivity contribution in [1.82, 2.24) is 4.90 Å². The van der Waals surface area contributed by atoms with E-state index in [0.29, 0.717) is 0 Å². The fourth-order valence-corrected chi connectivity index (χ4v) is 1.81. The molecule has 0 radical (unpaired) electrons. The predicted molar refractivity (Wildman–Crippen MR) is 65.0 cm³/mol. The number of nitrogens with zero attached hydrogens (tertiary/aromatic N) is 1. The average Bonchev–Trinajstić information content (AvgIpc) is 2.15. The molecule has 0 aromatic rings. The molecule has 0 bridgehead atoms. The SMILES string of the molecule is COCCCC(N)CN(C)CCSC. The number of rotatable bonds is 9. The van der Waals surface area contributed by atoms with Crippen LogP contribution in [0.15, 0.2) is 0 Å². The minimum absolute atomic E-state index is 0.289. The van der Waals surface area contributed by atoms with Crippen LogP contribution in [0.1, 0.15) is 12.8 Å². The number of hydrogen-bond acceptors (Lipinski definition) is 4. The van der Waals surface area contributed by atoms with Crippen LogP contribution < -0.4 is 5.73 Å². The molecule has 0 rings (SSSR count). The second-order valence-corrected chi connectivity index (χ2v) is 4.64. The van der Waals surface area contributed by atoms with E-state index in [2.05, 4.69) is 18.2 Å². The van der Waals surface area contributed by atoms with Crippen LogP contribution in [0.4, 0.5) is 0 Å². The van der Waals surface area contributed by atoms with Crippen LogP contribution in [0.5, 0.6) is 0 Å². The zero-order valence-corrected chi connectivity index (χ0v) is 10.5. The number of ether oxygens (including phenoxy) is 1. The Bertz CT molecular complexity index is 125. The zero-order chi connectivity index (χ0) is 10.8. The Morgan fingerprint density at radius 3 is 2.79 bits per heavy atom. The van der Waals surface area contributed by atoms with Crippen molar-refractivity contribution in [2.75, 3.05) is 45.9 Å². The molecule has 0 amide bonds. The molecule has 0 aromatic heterocycles. The first kappa shape index (κ1) is 14.2. The van der Waals surface area contributed by atoms with Gasteiger partial charge in [0.05, 0.1) is 0 Å². The molecule has 0 saturated carbocycles. The van der Waals surface area contributed by atoms with E-state index in [-0.39, 0.29) is 6.04 Å². The first-order valence-corrected chi connectivity index (χ1v) is 6.52. The molecular formula is C10H24N2OS. The van der Waals surface area contributed by atoms with Gasteiger partial charge in [0.25, 0.3) is 0 Å². The molecule has 0 fully saturated rings. The maximum Gasteiger partial charge on any atom is 0.0462 e. The lowest BCUT2D eigenvalue weighted by atomic mass is 10.1. The van der Waals surface area contributed by atoms with Gasteiger partial charge in [-0.05, 0) is 26.1 Å². The molecule has 3 nitrogen and oxygen atoms in total. The van der Waals surface area contributed by atoms with Crippen LogP contribution in [0.3, 0.4) is 0 Å². The first-order chi connectivity index (χ1) is 6.70. The molecule has 0 spiro atoms. The van der Waals surface area contributed by atoms with Crippen molar-refractivity contribution in [2.45, 2.75) is 18.9 Å². The maximum atomic E-state index is 5.98. The Labute approximate surface area is 92.4 Å². The largest absolute Gasteiger partial charge is 0.385 e. The van der Waals surface area contributed by atoms with Gasteiger partial charge in [-0.15, -0.1) is 0 Å². The molecule has 0 aliphatic carbocycles. The molecule has 86 valence electrons. The monoisotopic (exact) mass is 220 g/mol. The smallest absolute Gasteiger partial charge is 0.0462 e. The zero-order valence-electron chi connectivity index (χ0n) is 9.66. The summed E-state index contributed by atoms with van der Waals surface area (Å²) < 4.78 is 4.99. The van der Waals surface area contributed by atoms with E-state index in [1.165, 1.54) is 5.75 Å². The van der Waals surface area contributed by atoms with Crippen LogP contribution in [0, 0.1) is 0 Å². The number of likely N-dealkylation sites (N-methyl/N-ethyl adjacent to an activating group) is 1. The second-order valence-electron chi connectivity index (χ2n) is 3.65. The van der Waals surface area contributed by atoms with Crippen molar-refractivity contribution < 1.29 is 4.74 Å². The van der Waals surface area contributed by atoms with Gasteiger partial charge in [-0.1, -0.05) is 0 Å². The Balaban J connectivity index is 3.35. The molecule has 0 aromatic carbocycles. The average molecular weight is 220 g/mol. The van der Waals surface area contributed by atoms with Crippen LogP contribution in [-0.4, -0.2) is 56.8 Å². The summed E-state index contributed by atoms with van der Waals surface area (Å²) >= 11 is 1.88. The minimum Gasteiger partial charge on any atom is -0.385 e. The van der Waals surface area contributed by atoms with E-state index in [0.717, 1.165) is 32.5 Å². The summed E-state index contributed by atoms with van der Waals surface area (Å²) in [6, 6.07) is 0.289. The normalized spacial score (nSPS) is 13.5. The Kier molecular flexibility index (Phi) is 9.93. The van der Waals surface area contributed by atoms with E-state index >= 15 is 0 Å². The van der Waals surface area contributed by atoms with Crippen molar-refractivity contribution >= 4 is 11.8 Å². The minimum atomic E-state index is 0.289. The van der Waals surface area contributed by atoms with Gasteiger partial charge in [-0.3, -0.25) is 0 Å². The van der Waals surface area contributed by atoms with Crippen LogP contribution >= 0.6 is 11.8 Å². The highest BCUT2D eigenvalue weighted by molar-refractivity contribution is 7.98. The lowest BCUT2D eigenvalue weighted by Crippen LogP contribution is -2.36. The van der Waals surface area contributed by atoms with E-state index in [1.54, 1.807) is 7.11 Å². The number of nitrogens with two attached hydrogens (primary N) is 1. The molecule has 14 heavy (non-hydrogen) atoms. The Morgan fingerprint density at radius 1 is 1.50 bits per heavy atom. The topological polar surface area (TPSA) is 38.5 Å². The molecule has 0 heterocycles. The highest BCUT2D eigenvalue weighted by Gasteiger charge is 2.05. The number of methoxy groups -OCH3 is 1. The summed E-state index contributed by atoms with van der Waals surface area (Å²) in [6.07, 6.45) is 4.25. The van der Waals surface area contributed by atoms with Crippen LogP contribution in [0.2, 0.25) is 0 Å². The predicted octanol–water partition coefficient (Wildman–Crippen LogP) is 1.04. The molecular weight excluding hydrogens is 196 g/mol. The van der Waals surface area contributed by atoms with Crippen LogP contribution in [0.25, 0.3) is 0 Å². The fraction of sp³-hybridized carbons (Fsp3) is 1.00. The summed E-state index contributed by atoms with van der Waals surface area (Å²) in [5.41, 5.74) is 5.98. The van der Waals surface area contributed by atoms with E-state index in [1.807, 2.05) is 11.8 Å². The van der Waals surface area contributed by atoms with Gasteiger partial charge in [0.15, 0.2) is 0 Å². The molecule has 4 heteroatoms. The van der Waals surface area contributed by atoms with Gasteiger partial charge in [0.1, 0.15) is 0 Å². The Hall–Kier alpha value is 0.230. The Morgan fingerprint density at radius 2 is 2.21 bits per heavy atom.